The summed E-state index contributed by atoms with van der Waals surface area (Å²) in [6.45, 7) is 1.70. The van der Waals surface area contributed by atoms with Gasteiger partial charge < -0.3 is 10.5 Å². The minimum absolute atomic E-state index is 0.114. The molecule has 1 fully saturated rings. The van der Waals surface area contributed by atoms with Crippen LogP contribution in [0.2, 0.25) is 0 Å². The monoisotopic (exact) mass is 246 g/mol. The van der Waals surface area contributed by atoms with E-state index in [-0.39, 0.29) is 12.1 Å². The van der Waals surface area contributed by atoms with E-state index in [0.717, 1.165) is 11.3 Å². The molecule has 18 heavy (non-hydrogen) atoms. The summed E-state index contributed by atoms with van der Waals surface area (Å²) in [6.07, 6.45) is -0.130. The molecule has 5 heteroatoms. The molecule has 3 atom stereocenters. The van der Waals surface area contributed by atoms with Gasteiger partial charge in [0.15, 0.2) is 0 Å². The number of amides is 2. The summed E-state index contributed by atoms with van der Waals surface area (Å²) in [6, 6.07) is 7.61. The van der Waals surface area contributed by atoms with E-state index in [9.17, 15) is 9.59 Å². The Balaban J connectivity index is 1.96. The van der Waals surface area contributed by atoms with E-state index < -0.39 is 17.9 Å². The van der Waals surface area contributed by atoms with Gasteiger partial charge in [-0.05, 0) is 25.0 Å². The van der Waals surface area contributed by atoms with Gasteiger partial charge in [0.25, 0.3) is 0 Å². The molecular weight excluding hydrogens is 232 g/mol. The molecule has 0 aliphatic carbocycles. The molecule has 1 saturated heterocycles. The van der Waals surface area contributed by atoms with Gasteiger partial charge in [-0.3, -0.25) is 9.69 Å². The van der Waals surface area contributed by atoms with E-state index in [1.807, 2.05) is 24.3 Å². The molecule has 5 nitrogen and oxygen atoms in total. The number of primary amides is 1. The molecule has 1 aromatic carbocycles. The number of cyclic esters (lactones) is 1. The highest BCUT2D eigenvalue weighted by molar-refractivity contribution is 5.94. The fraction of sp³-hybridized carbons (Fsp3) is 0.385. The number of anilines is 1. The Kier molecular flexibility index (Phi) is 2.29. The van der Waals surface area contributed by atoms with Gasteiger partial charge in [-0.15, -0.1) is 0 Å². The Hall–Kier alpha value is -2.04. The zero-order chi connectivity index (χ0) is 12.9. The summed E-state index contributed by atoms with van der Waals surface area (Å²) in [5.74, 6) is -0.913. The Bertz CT molecular complexity index is 529. The van der Waals surface area contributed by atoms with Gasteiger partial charge in [0, 0.05) is 0 Å². The summed E-state index contributed by atoms with van der Waals surface area (Å²) in [4.78, 5) is 24.8. The van der Waals surface area contributed by atoms with Gasteiger partial charge in [-0.1, -0.05) is 18.2 Å². The largest absolute Gasteiger partial charge is 0.443 e. The van der Waals surface area contributed by atoms with Crippen LogP contribution in [0, 0.1) is 5.92 Å². The molecule has 0 aromatic heterocycles. The van der Waals surface area contributed by atoms with Crippen LogP contribution in [0.5, 0.6) is 0 Å². The van der Waals surface area contributed by atoms with Crippen molar-refractivity contribution in [2.24, 2.45) is 11.7 Å². The van der Waals surface area contributed by atoms with Crippen LogP contribution in [0.25, 0.3) is 0 Å². The zero-order valence-corrected chi connectivity index (χ0v) is 10.00. The predicted molar refractivity (Wildman–Crippen MR) is 65.0 cm³/mol. The molecule has 94 valence electrons. The number of nitrogens with zero attached hydrogens (tertiary/aromatic N) is 1. The van der Waals surface area contributed by atoms with Crippen molar-refractivity contribution in [2.75, 3.05) is 4.90 Å². The van der Waals surface area contributed by atoms with Crippen molar-refractivity contribution >= 4 is 17.7 Å². The van der Waals surface area contributed by atoms with Crippen molar-refractivity contribution < 1.29 is 14.3 Å². The predicted octanol–water partition coefficient (Wildman–Crippen LogP) is 1.06. The van der Waals surface area contributed by atoms with Crippen LogP contribution >= 0.6 is 0 Å². The van der Waals surface area contributed by atoms with Crippen LogP contribution in [-0.4, -0.2) is 24.1 Å². The van der Waals surface area contributed by atoms with Gasteiger partial charge in [-0.2, -0.15) is 0 Å². The second-order valence-corrected chi connectivity index (χ2v) is 4.81. The second-order valence-electron chi connectivity index (χ2n) is 4.81. The highest BCUT2D eigenvalue weighted by atomic mass is 16.6. The maximum absolute atomic E-state index is 11.9. The minimum atomic E-state index is -0.474. The lowest BCUT2D eigenvalue weighted by Crippen LogP contribution is -2.41. The lowest BCUT2D eigenvalue weighted by molar-refractivity contribution is -0.124. The highest BCUT2D eigenvalue weighted by Crippen LogP contribution is 2.40. The molecule has 0 spiro atoms. The average Bonchev–Trinajstić information content (AvgIpc) is 2.86. The molecule has 2 heterocycles. The van der Waals surface area contributed by atoms with Gasteiger partial charge >= 0.3 is 6.09 Å². The number of carbonyl (C=O) groups is 2. The normalized spacial score (nSPS) is 26.5. The fourth-order valence-corrected chi connectivity index (χ4v) is 2.76. The summed E-state index contributed by atoms with van der Waals surface area (Å²) >= 11 is 0. The minimum Gasteiger partial charge on any atom is -0.443 e. The Morgan fingerprint density at radius 1 is 1.50 bits per heavy atom. The van der Waals surface area contributed by atoms with Crippen LogP contribution in [0.1, 0.15) is 12.5 Å². The van der Waals surface area contributed by atoms with Crippen molar-refractivity contribution in [1.29, 1.82) is 0 Å². The quantitative estimate of drug-likeness (QED) is 0.848. The molecule has 3 rings (SSSR count). The fourth-order valence-electron chi connectivity index (χ4n) is 2.76. The molecule has 0 saturated carbocycles. The summed E-state index contributed by atoms with van der Waals surface area (Å²) in [5.41, 5.74) is 7.29. The van der Waals surface area contributed by atoms with Crippen LogP contribution in [0.3, 0.4) is 0 Å². The van der Waals surface area contributed by atoms with Crippen LogP contribution in [-0.2, 0) is 16.0 Å². The number of para-hydroxylation sites is 1. The van der Waals surface area contributed by atoms with Crippen molar-refractivity contribution in [2.45, 2.75) is 25.5 Å². The Morgan fingerprint density at radius 3 is 2.94 bits per heavy atom. The first-order chi connectivity index (χ1) is 8.59. The first kappa shape index (κ1) is 11.1. The van der Waals surface area contributed by atoms with Crippen LogP contribution < -0.4 is 10.6 Å². The van der Waals surface area contributed by atoms with E-state index in [1.165, 1.54) is 0 Å². The number of benzene rings is 1. The van der Waals surface area contributed by atoms with E-state index in [1.54, 1.807) is 11.8 Å². The molecule has 0 radical (unpaired) electrons. The van der Waals surface area contributed by atoms with Gasteiger partial charge in [0.05, 0.1) is 17.6 Å². The molecule has 3 unspecified atom stereocenters. The summed E-state index contributed by atoms with van der Waals surface area (Å²) in [5, 5.41) is 0. The summed E-state index contributed by atoms with van der Waals surface area (Å²) in [7, 11) is 0. The maximum atomic E-state index is 11.9. The molecule has 0 bridgehead atoms. The second kappa shape index (κ2) is 3.73. The van der Waals surface area contributed by atoms with Crippen LogP contribution in [0.15, 0.2) is 24.3 Å². The first-order valence-electron chi connectivity index (χ1n) is 5.96. The van der Waals surface area contributed by atoms with Gasteiger partial charge in [-0.25, -0.2) is 4.79 Å². The topological polar surface area (TPSA) is 72.6 Å². The molecule has 2 N–H and O–H groups in total. The summed E-state index contributed by atoms with van der Waals surface area (Å²) < 4.78 is 5.29. The number of ether oxygens (including phenoxy) is 1. The van der Waals surface area contributed by atoms with E-state index in [4.69, 9.17) is 10.5 Å². The van der Waals surface area contributed by atoms with Crippen molar-refractivity contribution in [3.8, 4) is 0 Å². The van der Waals surface area contributed by atoms with Crippen LogP contribution in [0.4, 0.5) is 10.5 Å². The lowest BCUT2D eigenvalue weighted by Gasteiger charge is -2.20. The van der Waals surface area contributed by atoms with E-state index >= 15 is 0 Å². The maximum Gasteiger partial charge on any atom is 0.415 e. The molecular formula is C13H14N2O3. The number of hydrogen-bond acceptors (Lipinski definition) is 3. The molecule has 2 amide bonds. The molecule has 2 aliphatic heterocycles. The number of rotatable bonds is 2. The third-order valence-electron chi connectivity index (χ3n) is 3.77. The smallest absolute Gasteiger partial charge is 0.415 e. The number of nitrogens with two attached hydrogens (primary N) is 1. The van der Waals surface area contributed by atoms with Crippen molar-refractivity contribution in [1.82, 2.24) is 0 Å². The van der Waals surface area contributed by atoms with Gasteiger partial charge in [0.1, 0.15) is 6.10 Å². The standard InChI is InChI=1S/C13H14N2O3/c1-7(12(14)16)11-10-6-8-4-2-3-5-9(8)15(10)13(17)18-11/h2-5,7,10-11H,6H2,1H3,(H2,14,16). The average molecular weight is 246 g/mol. The molecule has 2 aliphatic rings. The number of fused-ring (bicyclic) bond motifs is 3. The zero-order valence-electron chi connectivity index (χ0n) is 10.00. The van der Waals surface area contributed by atoms with Crippen molar-refractivity contribution in [3.63, 3.8) is 0 Å². The van der Waals surface area contributed by atoms with Gasteiger partial charge in [0.2, 0.25) is 5.91 Å². The molecule has 1 aromatic rings. The first-order valence-corrected chi connectivity index (χ1v) is 5.96. The van der Waals surface area contributed by atoms with Crippen molar-refractivity contribution in [3.05, 3.63) is 29.8 Å². The van der Waals surface area contributed by atoms with E-state index in [0.29, 0.717) is 6.42 Å². The Morgan fingerprint density at radius 2 is 2.22 bits per heavy atom. The number of carbonyl (C=O) groups excluding carboxylic acids is 2. The Labute approximate surface area is 105 Å². The van der Waals surface area contributed by atoms with E-state index in [2.05, 4.69) is 0 Å². The highest BCUT2D eigenvalue weighted by Gasteiger charge is 2.50. The third-order valence-corrected chi connectivity index (χ3v) is 3.77. The third kappa shape index (κ3) is 1.40. The SMILES string of the molecule is CC(C(N)=O)C1OC(=O)N2c3ccccc3CC12. The number of hydrogen-bond donors (Lipinski definition) is 1. The lowest BCUT2D eigenvalue weighted by atomic mass is 9.95.